The fourth-order valence-corrected chi connectivity index (χ4v) is 3.16. The summed E-state index contributed by atoms with van der Waals surface area (Å²) in [7, 11) is 0. The van der Waals surface area contributed by atoms with E-state index in [4.69, 9.17) is 0 Å². The molecule has 0 radical (unpaired) electrons. The van der Waals surface area contributed by atoms with Gasteiger partial charge in [-0.05, 0) is 35.3 Å². The van der Waals surface area contributed by atoms with Crippen LogP contribution < -0.4 is 5.32 Å². The molecule has 2 nitrogen and oxygen atoms in total. The van der Waals surface area contributed by atoms with Crippen LogP contribution in [0.3, 0.4) is 0 Å². The quantitative estimate of drug-likeness (QED) is 0.872. The standard InChI is InChI=1S/C19H28N2/c1-14-7-5-6-8-17(14)21-18(13-20)15-9-11-16(12-10-15)19(2,3)4/h9-12,14,17-18,21H,5-8H2,1-4H3. The maximum absolute atomic E-state index is 9.51. The second-order valence-corrected chi connectivity index (χ2v) is 7.47. The Bertz CT molecular complexity index is 490. The lowest BCUT2D eigenvalue weighted by Crippen LogP contribution is -2.39. The maximum atomic E-state index is 9.51. The van der Waals surface area contributed by atoms with Gasteiger partial charge >= 0.3 is 0 Å². The van der Waals surface area contributed by atoms with E-state index in [9.17, 15) is 5.26 Å². The monoisotopic (exact) mass is 284 g/mol. The average molecular weight is 284 g/mol. The number of hydrogen-bond acceptors (Lipinski definition) is 2. The van der Waals surface area contributed by atoms with E-state index in [1.54, 1.807) is 0 Å². The van der Waals surface area contributed by atoms with Crippen molar-refractivity contribution in [2.75, 3.05) is 0 Å². The molecule has 0 bridgehead atoms. The first-order valence-electron chi connectivity index (χ1n) is 8.18. The van der Waals surface area contributed by atoms with E-state index in [0.717, 1.165) is 5.56 Å². The van der Waals surface area contributed by atoms with E-state index < -0.39 is 0 Å². The van der Waals surface area contributed by atoms with Crippen molar-refractivity contribution in [3.05, 3.63) is 35.4 Å². The van der Waals surface area contributed by atoms with E-state index in [0.29, 0.717) is 12.0 Å². The third kappa shape index (κ3) is 4.08. The van der Waals surface area contributed by atoms with Crippen molar-refractivity contribution in [2.45, 2.75) is 70.9 Å². The first-order chi connectivity index (χ1) is 9.91. The molecule has 1 aromatic carbocycles. The van der Waals surface area contributed by atoms with Gasteiger partial charge in [-0.1, -0.05) is 64.8 Å². The Kier molecular flexibility index (Phi) is 5.06. The first-order valence-corrected chi connectivity index (χ1v) is 8.18. The third-order valence-electron chi connectivity index (χ3n) is 4.73. The summed E-state index contributed by atoms with van der Waals surface area (Å²) in [5.41, 5.74) is 2.56. The van der Waals surface area contributed by atoms with E-state index in [1.807, 2.05) is 0 Å². The van der Waals surface area contributed by atoms with Crippen LogP contribution in [-0.2, 0) is 5.41 Å². The van der Waals surface area contributed by atoms with Gasteiger partial charge in [-0.15, -0.1) is 0 Å². The molecule has 0 saturated heterocycles. The van der Waals surface area contributed by atoms with Gasteiger partial charge in [0.05, 0.1) is 6.07 Å². The van der Waals surface area contributed by atoms with E-state index in [1.165, 1.54) is 31.2 Å². The van der Waals surface area contributed by atoms with Gasteiger partial charge in [0.15, 0.2) is 0 Å². The predicted octanol–water partition coefficient (Wildman–Crippen LogP) is 4.72. The molecule has 21 heavy (non-hydrogen) atoms. The Morgan fingerprint density at radius 2 is 1.76 bits per heavy atom. The fourth-order valence-electron chi connectivity index (χ4n) is 3.16. The van der Waals surface area contributed by atoms with Crippen molar-refractivity contribution >= 4 is 0 Å². The molecule has 1 aromatic rings. The second-order valence-electron chi connectivity index (χ2n) is 7.47. The fraction of sp³-hybridized carbons (Fsp3) is 0.632. The minimum Gasteiger partial charge on any atom is -0.295 e. The topological polar surface area (TPSA) is 35.8 Å². The predicted molar refractivity (Wildman–Crippen MR) is 88.1 cm³/mol. The molecule has 1 saturated carbocycles. The average Bonchev–Trinajstić information content (AvgIpc) is 2.46. The molecule has 1 fully saturated rings. The highest BCUT2D eigenvalue weighted by Crippen LogP contribution is 2.27. The van der Waals surface area contributed by atoms with Gasteiger partial charge in [-0.3, -0.25) is 5.32 Å². The van der Waals surface area contributed by atoms with Crippen molar-refractivity contribution < 1.29 is 0 Å². The third-order valence-corrected chi connectivity index (χ3v) is 4.73. The normalized spacial score (nSPS) is 24.3. The van der Waals surface area contributed by atoms with Crippen molar-refractivity contribution in [1.29, 1.82) is 5.26 Å². The van der Waals surface area contributed by atoms with Gasteiger partial charge < -0.3 is 0 Å². The van der Waals surface area contributed by atoms with Crippen molar-refractivity contribution in [3.63, 3.8) is 0 Å². The number of hydrogen-bond donors (Lipinski definition) is 1. The maximum Gasteiger partial charge on any atom is 0.121 e. The molecule has 0 aromatic heterocycles. The zero-order valence-electron chi connectivity index (χ0n) is 13.8. The molecule has 2 rings (SSSR count). The molecule has 0 spiro atoms. The van der Waals surface area contributed by atoms with Gasteiger partial charge in [0.2, 0.25) is 0 Å². The lowest BCUT2D eigenvalue weighted by Gasteiger charge is -2.31. The van der Waals surface area contributed by atoms with Gasteiger partial charge in [-0.25, -0.2) is 0 Å². The summed E-state index contributed by atoms with van der Waals surface area (Å²) in [5.74, 6) is 0.670. The molecule has 0 heterocycles. The summed E-state index contributed by atoms with van der Waals surface area (Å²) in [5, 5.41) is 13.1. The zero-order chi connectivity index (χ0) is 15.5. The number of nitriles is 1. The van der Waals surface area contributed by atoms with Crippen LogP contribution >= 0.6 is 0 Å². The second kappa shape index (κ2) is 6.62. The molecule has 2 heteroatoms. The minimum absolute atomic E-state index is 0.159. The number of nitrogens with one attached hydrogen (secondary N) is 1. The Morgan fingerprint density at radius 3 is 2.29 bits per heavy atom. The molecule has 1 aliphatic rings. The van der Waals surface area contributed by atoms with Crippen LogP contribution in [0.15, 0.2) is 24.3 Å². The van der Waals surface area contributed by atoms with Crippen LogP contribution in [0, 0.1) is 17.2 Å². The summed E-state index contributed by atoms with van der Waals surface area (Å²) in [4.78, 5) is 0. The first kappa shape index (κ1) is 16.0. The number of rotatable bonds is 3. The van der Waals surface area contributed by atoms with Crippen LogP contribution in [0.25, 0.3) is 0 Å². The Hall–Kier alpha value is -1.33. The number of benzene rings is 1. The smallest absolute Gasteiger partial charge is 0.121 e. The molecule has 0 amide bonds. The zero-order valence-corrected chi connectivity index (χ0v) is 13.8. The minimum atomic E-state index is -0.190. The van der Waals surface area contributed by atoms with Crippen LogP contribution in [0.5, 0.6) is 0 Å². The molecule has 114 valence electrons. The Morgan fingerprint density at radius 1 is 1.14 bits per heavy atom. The Balaban J connectivity index is 2.09. The molecular weight excluding hydrogens is 256 g/mol. The highest BCUT2D eigenvalue weighted by atomic mass is 15.0. The van der Waals surface area contributed by atoms with Crippen LogP contribution in [0.1, 0.15) is 70.5 Å². The highest BCUT2D eigenvalue weighted by molar-refractivity contribution is 5.31. The largest absolute Gasteiger partial charge is 0.295 e. The molecule has 3 unspecified atom stereocenters. The van der Waals surface area contributed by atoms with Crippen LogP contribution in [-0.4, -0.2) is 6.04 Å². The highest BCUT2D eigenvalue weighted by Gasteiger charge is 2.24. The molecular formula is C19H28N2. The van der Waals surface area contributed by atoms with Crippen LogP contribution in [0.4, 0.5) is 0 Å². The van der Waals surface area contributed by atoms with Crippen LogP contribution in [0.2, 0.25) is 0 Å². The number of nitrogens with zero attached hydrogens (tertiary/aromatic N) is 1. The Labute approximate surface area is 129 Å². The van der Waals surface area contributed by atoms with Crippen molar-refractivity contribution in [3.8, 4) is 6.07 Å². The van der Waals surface area contributed by atoms with Gasteiger partial charge in [0, 0.05) is 6.04 Å². The van der Waals surface area contributed by atoms with E-state index >= 15 is 0 Å². The van der Waals surface area contributed by atoms with Gasteiger partial charge in [0.1, 0.15) is 6.04 Å². The summed E-state index contributed by atoms with van der Waals surface area (Å²) in [6, 6.07) is 11.2. The van der Waals surface area contributed by atoms with E-state index in [2.05, 4.69) is 63.3 Å². The summed E-state index contributed by atoms with van der Waals surface area (Å²) in [6.45, 7) is 8.94. The van der Waals surface area contributed by atoms with Crippen molar-refractivity contribution in [2.24, 2.45) is 5.92 Å². The SMILES string of the molecule is CC1CCCCC1NC(C#N)c1ccc(C(C)(C)C)cc1. The molecule has 1 N–H and O–H groups in total. The molecule has 3 atom stereocenters. The van der Waals surface area contributed by atoms with Gasteiger partial charge in [0.25, 0.3) is 0 Å². The molecule has 0 aliphatic heterocycles. The van der Waals surface area contributed by atoms with Gasteiger partial charge in [-0.2, -0.15) is 5.26 Å². The lowest BCUT2D eigenvalue weighted by atomic mass is 9.84. The summed E-state index contributed by atoms with van der Waals surface area (Å²) < 4.78 is 0. The van der Waals surface area contributed by atoms with Crippen molar-refractivity contribution in [1.82, 2.24) is 5.32 Å². The lowest BCUT2D eigenvalue weighted by molar-refractivity contribution is 0.271. The summed E-state index contributed by atoms with van der Waals surface area (Å²) in [6.07, 6.45) is 5.08. The van der Waals surface area contributed by atoms with E-state index in [-0.39, 0.29) is 11.5 Å². The summed E-state index contributed by atoms with van der Waals surface area (Å²) >= 11 is 0. The molecule has 1 aliphatic carbocycles.